The molecule has 0 bridgehead atoms. The van der Waals surface area contributed by atoms with Crippen LogP contribution in [-0.2, 0) is 9.59 Å². The molecule has 1 aromatic carbocycles. The Hall–Kier alpha value is -2.15. The highest BCUT2D eigenvalue weighted by Crippen LogP contribution is 2.31. The molecule has 1 atom stereocenters. The maximum atomic E-state index is 12.9. The molecule has 7 heteroatoms. The second kappa shape index (κ2) is 8.80. The van der Waals surface area contributed by atoms with Gasteiger partial charge in [0.15, 0.2) is 0 Å². The zero-order chi connectivity index (χ0) is 18.4. The lowest BCUT2D eigenvalue weighted by Gasteiger charge is -2.15. The number of nitrogens with one attached hydrogen (secondary N) is 1. The number of thioether (sulfide) groups is 1. The fourth-order valence-corrected chi connectivity index (χ4v) is 3.30. The number of hydrogen-bond acceptors (Lipinski definition) is 4. The van der Waals surface area contributed by atoms with Crippen LogP contribution in [0.4, 0.5) is 9.18 Å². The Morgan fingerprint density at radius 3 is 2.64 bits per heavy atom. The van der Waals surface area contributed by atoms with Crippen molar-refractivity contribution in [3.63, 3.8) is 0 Å². The Morgan fingerprint density at radius 2 is 2.00 bits per heavy atom. The summed E-state index contributed by atoms with van der Waals surface area (Å²) < 4.78 is 12.9. The van der Waals surface area contributed by atoms with Crippen molar-refractivity contribution in [2.45, 2.75) is 26.7 Å². The van der Waals surface area contributed by atoms with Crippen molar-refractivity contribution >= 4 is 34.9 Å². The molecule has 5 nitrogen and oxygen atoms in total. The fraction of sp³-hybridized carbons (Fsp3) is 0.389. The van der Waals surface area contributed by atoms with Crippen molar-refractivity contribution in [3.05, 3.63) is 40.6 Å². The van der Waals surface area contributed by atoms with E-state index in [4.69, 9.17) is 0 Å². The van der Waals surface area contributed by atoms with E-state index < -0.39 is 5.91 Å². The van der Waals surface area contributed by atoms with Crippen molar-refractivity contribution < 1.29 is 18.8 Å². The number of carbonyl (C=O) groups excluding carboxylic acids is 3. The summed E-state index contributed by atoms with van der Waals surface area (Å²) in [5, 5.41) is 2.38. The smallest absolute Gasteiger partial charge is 0.293 e. The average Bonchev–Trinajstić information content (AvgIpc) is 2.84. The molecule has 134 valence electrons. The van der Waals surface area contributed by atoms with Crippen LogP contribution in [0.25, 0.3) is 6.08 Å². The van der Waals surface area contributed by atoms with Crippen LogP contribution in [0.5, 0.6) is 0 Å². The molecule has 0 spiro atoms. The van der Waals surface area contributed by atoms with Gasteiger partial charge in [0.05, 0.1) is 4.91 Å². The minimum Gasteiger partial charge on any atom is -0.354 e. The van der Waals surface area contributed by atoms with Crippen LogP contribution in [0.1, 0.15) is 32.3 Å². The summed E-state index contributed by atoms with van der Waals surface area (Å²) in [6.07, 6.45) is 3.28. The molecule has 25 heavy (non-hydrogen) atoms. The molecule has 1 N–H and O–H groups in total. The maximum Gasteiger partial charge on any atom is 0.293 e. The second-order valence-corrected chi connectivity index (χ2v) is 6.86. The summed E-state index contributed by atoms with van der Waals surface area (Å²) in [5.41, 5.74) is 0.647. The summed E-state index contributed by atoms with van der Waals surface area (Å²) in [6, 6.07) is 5.67. The predicted octanol–water partition coefficient (Wildman–Crippen LogP) is 3.41. The molecule has 1 heterocycles. The summed E-state index contributed by atoms with van der Waals surface area (Å²) in [4.78, 5) is 37.6. The van der Waals surface area contributed by atoms with E-state index in [2.05, 4.69) is 5.32 Å². The van der Waals surface area contributed by atoms with E-state index in [9.17, 15) is 18.8 Å². The van der Waals surface area contributed by atoms with E-state index in [1.54, 1.807) is 18.2 Å². The number of amides is 3. The van der Waals surface area contributed by atoms with Crippen LogP contribution in [0.3, 0.4) is 0 Å². The number of rotatable bonds is 7. The van der Waals surface area contributed by atoms with E-state index in [1.165, 1.54) is 12.1 Å². The molecule has 1 aromatic rings. The van der Waals surface area contributed by atoms with Crippen LogP contribution in [0, 0.1) is 11.7 Å². The highest BCUT2D eigenvalue weighted by atomic mass is 32.2. The van der Waals surface area contributed by atoms with Crippen molar-refractivity contribution in [1.29, 1.82) is 0 Å². The lowest BCUT2D eigenvalue weighted by Crippen LogP contribution is -2.38. The van der Waals surface area contributed by atoms with E-state index in [-0.39, 0.29) is 36.0 Å². The molecule has 0 saturated carbocycles. The van der Waals surface area contributed by atoms with Gasteiger partial charge in [-0.05, 0) is 42.0 Å². The first kappa shape index (κ1) is 19.2. The summed E-state index contributed by atoms with van der Waals surface area (Å²) in [5.74, 6) is -0.914. The SMILES string of the molecule is CCC[C@H](C)C(=O)NCCN1C(=O)S/C(=C\c2ccc(F)cc2)C1=O. The number of imide groups is 1. The van der Waals surface area contributed by atoms with Gasteiger partial charge in [0.1, 0.15) is 5.82 Å². The van der Waals surface area contributed by atoms with E-state index in [1.807, 2.05) is 13.8 Å². The molecule has 0 unspecified atom stereocenters. The average molecular weight is 364 g/mol. The van der Waals surface area contributed by atoms with Crippen molar-refractivity contribution in [2.75, 3.05) is 13.1 Å². The molecule has 3 amide bonds. The van der Waals surface area contributed by atoms with Crippen LogP contribution >= 0.6 is 11.8 Å². The van der Waals surface area contributed by atoms with Crippen LogP contribution in [0.15, 0.2) is 29.2 Å². The van der Waals surface area contributed by atoms with Gasteiger partial charge in [0.25, 0.3) is 11.1 Å². The first-order valence-corrected chi connectivity index (χ1v) is 9.02. The third-order valence-electron chi connectivity index (χ3n) is 3.85. The minimum atomic E-state index is -0.393. The van der Waals surface area contributed by atoms with Crippen molar-refractivity contribution in [1.82, 2.24) is 10.2 Å². The predicted molar refractivity (Wildman–Crippen MR) is 96.2 cm³/mol. The number of nitrogens with zero attached hydrogens (tertiary/aromatic N) is 1. The normalized spacial score (nSPS) is 17.2. The quantitative estimate of drug-likeness (QED) is 0.753. The molecule has 1 fully saturated rings. The second-order valence-electron chi connectivity index (χ2n) is 5.87. The van der Waals surface area contributed by atoms with Gasteiger partial charge in [-0.3, -0.25) is 19.3 Å². The number of halogens is 1. The lowest BCUT2D eigenvalue weighted by atomic mass is 10.1. The van der Waals surface area contributed by atoms with Crippen molar-refractivity contribution in [3.8, 4) is 0 Å². The highest BCUT2D eigenvalue weighted by molar-refractivity contribution is 8.18. The van der Waals surface area contributed by atoms with Gasteiger partial charge in [-0.2, -0.15) is 0 Å². The molecular weight excluding hydrogens is 343 g/mol. The molecule has 1 aliphatic heterocycles. The third kappa shape index (κ3) is 5.16. The molecule has 0 aromatic heterocycles. The lowest BCUT2D eigenvalue weighted by molar-refractivity contribution is -0.126. The van der Waals surface area contributed by atoms with Gasteiger partial charge in [-0.1, -0.05) is 32.4 Å². The highest BCUT2D eigenvalue weighted by Gasteiger charge is 2.34. The zero-order valence-electron chi connectivity index (χ0n) is 14.3. The molecule has 0 aliphatic carbocycles. The van der Waals surface area contributed by atoms with E-state index >= 15 is 0 Å². The van der Waals surface area contributed by atoms with Gasteiger partial charge in [0.2, 0.25) is 5.91 Å². The number of hydrogen-bond donors (Lipinski definition) is 1. The van der Waals surface area contributed by atoms with Gasteiger partial charge < -0.3 is 5.32 Å². The Bertz CT molecular complexity index is 688. The van der Waals surface area contributed by atoms with Gasteiger partial charge >= 0.3 is 0 Å². The van der Waals surface area contributed by atoms with Gasteiger partial charge in [-0.25, -0.2) is 4.39 Å². The molecule has 1 saturated heterocycles. The molecular formula is C18H21FN2O3S. The Balaban J connectivity index is 1.92. The van der Waals surface area contributed by atoms with Gasteiger partial charge in [0, 0.05) is 19.0 Å². The first-order chi connectivity index (χ1) is 11.9. The number of benzene rings is 1. The van der Waals surface area contributed by atoms with Crippen molar-refractivity contribution in [2.24, 2.45) is 5.92 Å². The standard InChI is InChI=1S/C18H21FN2O3S/c1-3-4-12(2)16(22)20-9-10-21-17(23)15(25-18(21)24)11-13-5-7-14(19)8-6-13/h5-8,11-12H,3-4,9-10H2,1-2H3,(H,20,22)/b15-11-/t12-/m0/s1. The summed E-state index contributed by atoms with van der Waals surface area (Å²) in [7, 11) is 0. The van der Waals surface area contributed by atoms with Crippen LogP contribution in [-0.4, -0.2) is 35.0 Å². The zero-order valence-corrected chi connectivity index (χ0v) is 15.1. The summed E-state index contributed by atoms with van der Waals surface area (Å²) >= 11 is 0.846. The minimum absolute atomic E-state index is 0.0734. The summed E-state index contributed by atoms with van der Waals surface area (Å²) in [6.45, 7) is 4.23. The third-order valence-corrected chi connectivity index (χ3v) is 4.75. The number of carbonyl (C=O) groups is 3. The maximum absolute atomic E-state index is 12.9. The monoisotopic (exact) mass is 364 g/mol. The fourth-order valence-electron chi connectivity index (χ4n) is 2.43. The Kier molecular flexibility index (Phi) is 6.75. The van der Waals surface area contributed by atoms with E-state index in [0.29, 0.717) is 10.5 Å². The largest absolute Gasteiger partial charge is 0.354 e. The van der Waals surface area contributed by atoms with Gasteiger partial charge in [-0.15, -0.1) is 0 Å². The van der Waals surface area contributed by atoms with Crippen LogP contribution < -0.4 is 5.32 Å². The molecule has 1 aliphatic rings. The topological polar surface area (TPSA) is 66.5 Å². The first-order valence-electron chi connectivity index (χ1n) is 8.21. The van der Waals surface area contributed by atoms with Crippen LogP contribution in [0.2, 0.25) is 0 Å². The Morgan fingerprint density at radius 1 is 1.32 bits per heavy atom. The molecule has 0 radical (unpaired) electrons. The Labute approximate surface area is 150 Å². The molecule has 2 rings (SSSR count). The van der Waals surface area contributed by atoms with E-state index in [0.717, 1.165) is 29.5 Å².